The highest BCUT2D eigenvalue weighted by Crippen LogP contribution is 2.39. The van der Waals surface area contributed by atoms with Gasteiger partial charge in [0.05, 0.1) is 16.3 Å². The van der Waals surface area contributed by atoms with E-state index < -0.39 is 10.0 Å². The van der Waals surface area contributed by atoms with Gasteiger partial charge in [-0.05, 0) is 62.6 Å². The number of sulfonamides is 1. The van der Waals surface area contributed by atoms with Crippen LogP contribution < -0.4 is 4.90 Å². The minimum Gasteiger partial charge on any atom is -0.338 e. The van der Waals surface area contributed by atoms with Crippen molar-refractivity contribution in [3.8, 4) is 0 Å². The van der Waals surface area contributed by atoms with Crippen LogP contribution in [-0.4, -0.2) is 67.4 Å². The smallest absolute Gasteiger partial charge is 0.243 e. The molecule has 5 rings (SSSR count). The fourth-order valence-electron chi connectivity index (χ4n) is 5.75. The van der Waals surface area contributed by atoms with E-state index in [9.17, 15) is 18.0 Å². The Morgan fingerprint density at radius 1 is 1.00 bits per heavy atom. The molecule has 1 aromatic rings. The Balaban J connectivity index is 1.40. The van der Waals surface area contributed by atoms with Gasteiger partial charge in [-0.25, -0.2) is 8.42 Å². The normalized spacial score (nSPS) is 26.7. The Morgan fingerprint density at radius 3 is 2.56 bits per heavy atom. The van der Waals surface area contributed by atoms with Crippen LogP contribution in [0.1, 0.15) is 51.4 Å². The Kier molecular flexibility index (Phi) is 6.24. The number of thioether (sulfide) groups is 1. The van der Waals surface area contributed by atoms with Gasteiger partial charge in [-0.2, -0.15) is 4.31 Å². The molecule has 2 saturated heterocycles. The summed E-state index contributed by atoms with van der Waals surface area (Å²) >= 11 is 1.41. The third kappa shape index (κ3) is 4.07. The summed E-state index contributed by atoms with van der Waals surface area (Å²) in [4.78, 5) is 30.8. The summed E-state index contributed by atoms with van der Waals surface area (Å²) in [6.45, 7) is 1.81. The topological polar surface area (TPSA) is 78.0 Å². The SMILES string of the molecule is O=C1CSc2ccc(S(=O)(=O)N3CCCC3)cc2N1CC(=O)N1CCC[C@@H]2CCCC[C@H]21. The number of nitrogens with zero attached hydrogens (tertiary/aromatic N) is 3. The third-order valence-corrected chi connectivity index (χ3v) is 10.4. The summed E-state index contributed by atoms with van der Waals surface area (Å²) in [6.07, 6.45) is 8.59. The molecule has 3 fully saturated rings. The first kappa shape index (κ1) is 22.2. The summed E-state index contributed by atoms with van der Waals surface area (Å²) in [6, 6.07) is 5.30. The Morgan fingerprint density at radius 2 is 1.75 bits per heavy atom. The molecule has 3 heterocycles. The number of anilines is 1. The number of fused-ring (bicyclic) bond motifs is 2. The van der Waals surface area contributed by atoms with Crippen molar-refractivity contribution in [3.63, 3.8) is 0 Å². The van der Waals surface area contributed by atoms with Crippen LogP contribution in [0.2, 0.25) is 0 Å². The summed E-state index contributed by atoms with van der Waals surface area (Å²) < 4.78 is 27.7. The Bertz CT molecular complexity index is 1000. The average Bonchev–Trinajstić information content (AvgIpc) is 3.36. The van der Waals surface area contributed by atoms with Crippen molar-refractivity contribution in [2.45, 2.75) is 67.2 Å². The predicted molar refractivity (Wildman–Crippen MR) is 124 cm³/mol. The van der Waals surface area contributed by atoms with Crippen molar-refractivity contribution < 1.29 is 18.0 Å². The van der Waals surface area contributed by atoms with Crippen molar-refractivity contribution in [1.82, 2.24) is 9.21 Å². The van der Waals surface area contributed by atoms with E-state index in [1.54, 1.807) is 18.2 Å². The van der Waals surface area contributed by atoms with Gasteiger partial charge in [-0.1, -0.05) is 12.8 Å². The van der Waals surface area contributed by atoms with Crippen LogP contribution >= 0.6 is 11.8 Å². The van der Waals surface area contributed by atoms with Gasteiger partial charge >= 0.3 is 0 Å². The molecule has 174 valence electrons. The monoisotopic (exact) mass is 477 g/mol. The van der Waals surface area contributed by atoms with E-state index in [0.717, 1.165) is 43.5 Å². The highest BCUT2D eigenvalue weighted by atomic mass is 32.2. The fraction of sp³-hybridized carbons (Fsp3) is 0.652. The van der Waals surface area contributed by atoms with Crippen molar-refractivity contribution in [3.05, 3.63) is 18.2 Å². The van der Waals surface area contributed by atoms with Gasteiger partial charge in [-0.3, -0.25) is 9.59 Å². The molecule has 2 atom stereocenters. The Labute approximate surface area is 194 Å². The van der Waals surface area contributed by atoms with Gasteiger partial charge in [-0.15, -0.1) is 11.8 Å². The molecule has 0 unspecified atom stereocenters. The van der Waals surface area contributed by atoms with Crippen molar-refractivity contribution in [2.24, 2.45) is 5.92 Å². The molecule has 2 amide bonds. The molecule has 4 aliphatic rings. The number of hydrogen-bond acceptors (Lipinski definition) is 5. The van der Waals surface area contributed by atoms with E-state index in [1.807, 2.05) is 4.90 Å². The van der Waals surface area contributed by atoms with Gasteiger partial charge < -0.3 is 9.80 Å². The van der Waals surface area contributed by atoms with Gasteiger partial charge in [0.25, 0.3) is 0 Å². The van der Waals surface area contributed by atoms with Crippen molar-refractivity contribution in [2.75, 3.05) is 36.8 Å². The molecule has 0 aromatic heterocycles. The lowest BCUT2D eigenvalue weighted by Gasteiger charge is -2.44. The lowest BCUT2D eigenvalue weighted by atomic mass is 9.78. The molecule has 32 heavy (non-hydrogen) atoms. The maximum atomic E-state index is 13.4. The molecule has 9 heteroatoms. The molecule has 0 bridgehead atoms. The summed E-state index contributed by atoms with van der Waals surface area (Å²) in [7, 11) is -3.59. The molecule has 1 saturated carbocycles. The molecular weight excluding hydrogens is 446 g/mol. The van der Waals surface area contributed by atoms with Crippen LogP contribution in [0.3, 0.4) is 0 Å². The maximum Gasteiger partial charge on any atom is 0.243 e. The minimum atomic E-state index is -3.59. The summed E-state index contributed by atoms with van der Waals surface area (Å²) in [5.74, 6) is 0.702. The molecule has 1 aromatic carbocycles. The number of carbonyl (C=O) groups is 2. The first-order chi connectivity index (χ1) is 15.4. The first-order valence-electron chi connectivity index (χ1n) is 11.8. The van der Waals surface area contributed by atoms with E-state index in [2.05, 4.69) is 0 Å². The minimum absolute atomic E-state index is 0.0111. The lowest BCUT2D eigenvalue weighted by Crippen LogP contribution is -2.53. The van der Waals surface area contributed by atoms with Crippen LogP contribution in [0.15, 0.2) is 28.0 Å². The van der Waals surface area contributed by atoms with Gasteiger partial charge in [0.15, 0.2) is 0 Å². The number of hydrogen-bond donors (Lipinski definition) is 0. The van der Waals surface area contributed by atoms with Crippen LogP contribution in [0, 0.1) is 5.92 Å². The largest absolute Gasteiger partial charge is 0.338 e. The zero-order valence-electron chi connectivity index (χ0n) is 18.4. The summed E-state index contributed by atoms with van der Waals surface area (Å²) in [5, 5.41) is 0. The Hall–Kier alpha value is -1.58. The van der Waals surface area contributed by atoms with E-state index in [-0.39, 0.29) is 29.0 Å². The number of piperidine rings is 1. The number of likely N-dealkylation sites (tertiary alicyclic amines) is 1. The highest BCUT2D eigenvalue weighted by molar-refractivity contribution is 8.00. The second-order valence-electron chi connectivity index (χ2n) is 9.35. The van der Waals surface area contributed by atoms with E-state index >= 15 is 0 Å². The molecule has 0 radical (unpaired) electrons. The van der Waals surface area contributed by atoms with E-state index in [0.29, 0.717) is 30.7 Å². The predicted octanol–water partition coefficient (Wildman–Crippen LogP) is 3.09. The number of rotatable bonds is 4. The highest BCUT2D eigenvalue weighted by Gasteiger charge is 2.38. The zero-order valence-corrected chi connectivity index (χ0v) is 20.0. The van der Waals surface area contributed by atoms with E-state index in [1.165, 1.54) is 40.2 Å². The fourth-order valence-corrected chi connectivity index (χ4v) is 8.21. The molecule has 1 aliphatic carbocycles. The number of amides is 2. The molecule has 0 N–H and O–H groups in total. The second kappa shape index (κ2) is 8.99. The van der Waals surface area contributed by atoms with Gasteiger partial charge in [0.1, 0.15) is 6.54 Å². The van der Waals surface area contributed by atoms with Gasteiger partial charge in [0, 0.05) is 30.6 Å². The van der Waals surface area contributed by atoms with Crippen LogP contribution in [0.25, 0.3) is 0 Å². The third-order valence-electron chi connectivity index (χ3n) is 7.43. The first-order valence-corrected chi connectivity index (χ1v) is 14.2. The summed E-state index contributed by atoms with van der Waals surface area (Å²) in [5.41, 5.74) is 0.553. The standard InChI is InChI=1S/C23H31N3O4S2/c27-22(25-13-5-7-17-6-1-2-8-19(17)25)15-26-20-14-18(9-10-21(20)31-16-23(26)28)32(29,30)24-11-3-4-12-24/h9-10,14,17,19H,1-8,11-13,15-16H2/t17-,19+/m0/s1. The van der Waals surface area contributed by atoms with Crippen LogP contribution in [-0.2, 0) is 19.6 Å². The second-order valence-corrected chi connectivity index (χ2v) is 12.3. The molecule has 0 spiro atoms. The van der Waals surface area contributed by atoms with Crippen LogP contribution in [0.4, 0.5) is 5.69 Å². The average molecular weight is 478 g/mol. The molecule has 7 nitrogen and oxygen atoms in total. The molecular formula is C23H31N3O4S2. The lowest BCUT2D eigenvalue weighted by molar-refractivity contribution is -0.137. The van der Waals surface area contributed by atoms with Crippen molar-refractivity contribution >= 4 is 39.3 Å². The van der Waals surface area contributed by atoms with E-state index in [4.69, 9.17) is 0 Å². The quantitative estimate of drug-likeness (QED) is 0.666. The number of benzene rings is 1. The zero-order chi connectivity index (χ0) is 22.3. The van der Waals surface area contributed by atoms with Gasteiger partial charge in [0.2, 0.25) is 21.8 Å². The number of carbonyl (C=O) groups excluding carboxylic acids is 2. The van der Waals surface area contributed by atoms with Crippen molar-refractivity contribution in [1.29, 1.82) is 0 Å². The maximum absolute atomic E-state index is 13.4. The molecule has 3 aliphatic heterocycles. The van der Waals surface area contributed by atoms with Crippen LogP contribution in [0.5, 0.6) is 0 Å².